The smallest absolute Gasteiger partial charge is 0.262 e. The van der Waals surface area contributed by atoms with Gasteiger partial charge in [-0.05, 0) is 62.2 Å². The van der Waals surface area contributed by atoms with E-state index < -0.39 is 15.9 Å². The van der Waals surface area contributed by atoms with Gasteiger partial charge in [0.2, 0.25) is 0 Å². The average molecular weight is 529 g/mol. The Morgan fingerprint density at radius 3 is 2.19 bits per heavy atom. The van der Waals surface area contributed by atoms with E-state index in [-0.39, 0.29) is 16.1 Å². The number of hydrogen-bond acceptors (Lipinski definition) is 7. The lowest BCUT2D eigenvalue weighted by atomic mass is 10.1. The lowest BCUT2D eigenvalue weighted by molar-refractivity contribution is 0.0955. The second kappa shape index (κ2) is 12.9. The minimum Gasteiger partial charge on any atom is -0.493 e. The molecule has 10 heteroatoms. The van der Waals surface area contributed by atoms with Gasteiger partial charge in [0.15, 0.2) is 23.0 Å². The third kappa shape index (κ3) is 7.07. The number of benzene rings is 3. The van der Waals surface area contributed by atoms with Gasteiger partial charge >= 0.3 is 0 Å². The Bertz CT molecular complexity index is 1330. The van der Waals surface area contributed by atoms with Crippen LogP contribution in [0.2, 0.25) is 0 Å². The Kier molecular flexibility index (Phi) is 9.62. The number of ether oxygens (including phenoxy) is 4. The van der Waals surface area contributed by atoms with Gasteiger partial charge in [-0.25, -0.2) is 8.42 Å². The molecule has 9 nitrogen and oxygen atoms in total. The zero-order chi connectivity index (χ0) is 26.8. The van der Waals surface area contributed by atoms with Crippen molar-refractivity contribution < 1.29 is 32.2 Å². The Hall–Kier alpha value is -3.92. The molecule has 0 fully saturated rings. The molecule has 0 heterocycles. The van der Waals surface area contributed by atoms with Crippen molar-refractivity contribution >= 4 is 21.6 Å². The molecule has 0 saturated carbocycles. The van der Waals surface area contributed by atoms with Gasteiger partial charge in [-0.1, -0.05) is 18.2 Å². The Labute approximate surface area is 217 Å². The van der Waals surface area contributed by atoms with Crippen molar-refractivity contribution in [2.24, 2.45) is 0 Å². The molecule has 0 aliphatic carbocycles. The summed E-state index contributed by atoms with van der Waals surface area (Å²) in [6.45, 7) is 4.74. The maximum absolute atomic E-state index is 13.2. The molecular weight excluding hydrogens is 496 g/mol. The summed E-state index contributed by atoms with van der Waals surface area (Å²) >= 11 is 0. The minimum absolute atomic E-state index is 0.0110. The highest BCUT2D eigenvalue weighted by Crippen LogP contribution is 2.31. The first-order valence-electron chi connectivity index (χ1n) is 11.8. The molecule has 3 aromatic carbocycles. The van der Waals surface area contributed by atoms with E-state index in [0.717, 1.165) is 5.56 Å². The number of anilines is 1. The summed E-state index contributed by atoms with van der Waals surface area (Å²) < 4.78 is 50.5. The van der Waals surface area contributed by atoms with E-state index in [1.54, 1.807) is 57.5 Å². The van der Waals surface area contributed by atoms with Gasteiger partial charge in [0, 0.05) is 12.6 Å². The van der Waals surface area contributed by atoms with Crippen LogP contribution in [0.4, 0.5) is 5.69 Å². The van der Waals surface area contributed by atoms with E-state index in [1.165, 1.54) is 12.1 Å². The van der Waals surface area contributed by atoms with Crippen LogP contribution in [0, 0.1) is 0 Å². The van der Waals surface area contributed by atoms with Crippen molar-refractivity contribution in [1.82, 2.24) is 5.32 Å². The Morgan fingerprint density at radius 1 is 0.811 bits per heavy atom. The van der Waals surface area contributed by atoms with Crippen molar-refractivity contribution in [3.63, 3.8) is 0 Å². The van der Waals surface area contributed by atoms with Gasteiger partial charge < -0.3 is 24.3 Å². The minimum atomic E-state index is -4.01. The van der Waals surface area contributed by atoms with Crippen LogP contribution in [0.25, 0.3) is 0 Å². The van der Waals surface area contributed by atoms with Crippen LogP contribution in [0.3, 0.4) is 0 Å². The standard InChI is InChI=1S/C27H32N2O7S/c1-5-35-24-14-12-20(18-26(24)36-6-2)37(31,32)29-22-10-8-7-9-21(22)27(30)28-16-15-19-11-13-23(33-3)25(17-19)34-4/h7-14,17-18,29H,5-6,15-16H2,1-4H3,(H,28,30). The molecular formula is C27H32N2O7S. The number of hydrogen-bond donors (Lipinski definition) is 2. The highest BCUT2D eigenvalue weighted by atomic mass is 32.2. The third-order valence-electron chi connectivity index (χ3n) is 5.39. The molecule has 0 spiro atoms. The molecule has 3 aromatic rings. The highest BCUT2D eigenvalue weighted by molar-refractivity contribution is 7.92. The van der Waals surface area contributed by atoms with E-state index in [9.17, 15) is 13.2 Å². The first-order valence-corrected chi connectivity index (χ1v) is 13.3. The van der Waals surface area contributed by atoms with Crippen molar-refractivity contribution in [2.45, 2.75) is 25.2 Å². The highest BCUT2D eigenvalue weighted by Gasteiger charge is 2.21. The summed E-state index contributed by atoms with van der Waals surface area (Å²) in [5, 5.41) is 2.84. The van der Waals surface area contributed by atoms with E-state index in [4.69, 9.17) is 18.9 Å². The van der Waals surface area contributed by atoms with Gasteiger partial charge in [0.1, 0.15) is 0 Å². The summed E-state index contributed by atoms with van der Waals surface area (Å²) in [5.41, 5.74) is 1.32. The van der Waals surface area contributed by atoms with E-state index in [1.807, 2.05) is 19.1 Å². The van der Waals surface area contributed by atoms with E-state index in [2.05, 4.69) is 10.0 Å². The predicted molar refractivity (Wildman–Crippen MR) is 142 cm³/mol. The summed E-state index contributed by atoms with van der Waals surface area (Å²) in [5.74, 6) is 1.61. The number of methoxy groups -OCH3 is 2. The predicted octanol–water partition coefficient (Wildman–Crippen LogP) is 4.27. The number of rotatable bonds is 13. The van der Waals surface area contributed by atoms with Gasteiger partial charge in [-0.3, -0.25) is 9.52 Å². The summed E-state index contributed by atoms with van der Waals surface area (Å²) in [4.78, 5) is 12.9. The van der Waals surface area contributed by atoms with Gasteiger partial charge in [-0.15, -0.1) is 0 Å². The number of sulfonamides is 1. The lowest BCUT2D eigenvalue weighted by Crippen LogP contribution is -2.27. The molecule has 3 rings (SSSR count). The van der Waals surface area contributed by atoms with E-state index in [0.29, 0.717) is 49.2 Å². The SMILES string of the molecule is CCOc1ccc(S(=O)(=O)Nc2ccccc2C(=O)NCCc2ccc(OC)c(OC)c2)cc1OCC. The van der Waals surface area contributed by atoms with Crippen molar-refractivity contribution in [3.8, 4) is 23.0 Å². The molecule has 0 unspecified atom stereocenters. The van der Waals surface area contributed by atoms with Crippen LogP contribution < -0.4 is 29.0 Å². The van der Waals surface area contributed by atoms with Gasteiger partial charge in [0.25, 0.3) is 15.9 Å². The molecule has 0 saturated heterocycles. The second-order valence-electron chi connectivity index (χ2n) is 7.82. The Morgan fingerprint density at radius 2 is 1.49 bits per heavy atom. The molecule has 0 aliphatic heterocycles. The summed E-state index contributed by atoms with van der Waals surface area (Å²) in [6.07, 6.45) is 0.548. The maximum atomic E-state index is 13.2. The maximum Gasteiger partial charge on any atom is 0.262 e. The zero-order valence-electron chi connectivity index (χ0n) is 21.4. The zero-order valence-corrected chi connectivity index (χ0v) is 22.2. The molecule has 1 amide bonds. The van der Waals surface area contributed by atoms with Crippen LogP contribution in [-0.2, 0) is 16.4 Å². The summed E-state index contributed by atoms with van der Waals surface area (Å²) in [6, 6.07) is 16.4. The monoisotopic (exact) mass is 528 g/mol. The Balaban J connectivity index is 1.73. The van der Waals surface area contributed by atoms with Crippen molar-refractivity contribution in [2.75, 3.05) is 38.7 Å². The number of carbonyl (C=O) groups excluding carboxylic acids is 1. The molecule has 0 aliphatic rings. The molecule has 0 radical (unpaired) electrons. The molecule has 2 N–H and O–H groups in total. The third-order valence-corrected chi connectivity index (χ3v) is 6.75. The van der Waals surface area contributed by atoms with Crippen LogP contribution in [0.5, 0.6) is 23.0 Å². The van der Waals surface area contributed by atoms with Crippen LogP contribution in [0.15, 0.2) is 65.6 Å². The average Bonchev–Trinajstić information content (AvgIpc) is 2.89. The van der Waals surface area contributed by atoms with Crippen LogP contribution in [0.1, 0.15) is 29.8 Å². The number of para-hydroxylation sites is 1. The fraction of sp³-hybridized carbons (Fsp3) is 0.296. The van der Waals surface area contributed by atoms with Crippen LogP contribution in [-0.4, -0.2) is 48.3 Å². The molecule has 198 valence electrons. The molecule has 0 atom stereocenters. The van der Waals surface area contributed by atoms with Crippen molar-refractivity contribution in [1.29, 1.82) is 0 Å². The first-order chi connectivity index (χ1) is 17.8. The summed E-state index contributed by atoms with van der Waals surface area (Å²) in [7, 11) is -0.882. The van der Waals surface area contributed by atoms with Gasteiger partial charge in [-0.2, -0.15) is 0 Å². The normalized spacial score (nSPS) is 10.9. The first kappa shape index (κ1) is 27.7. The quantitative estimate of drug-likeness (QED) is 0.341. The molecule has 0 bridgehead atoms. The topological polar surface area (TPSA) is 112 Å². The van der Waals surface area contributed by atoms with E-state index >= 15 is 0 Å². The van der Waals surface area contributed by atoms with Crippen molar-refractivity contribution in [3.05, 3.63) is 71.8 Å². The molecule has 37 heavy (non-hydrogen) atoms. The fourth-order valence-electron chi connectivity index (χ4n) is 3.62. The number of carbonyl (C=O) groups is 1. The van der Waals surface area contributed by atoms with Crippen LogP contribution >= 0.6 is 0 Å². The molecule has 0 aromatic heterocycles. The lowest BCUT2D eigenvalue weighted by Gasteiger charge is -2.15. The largest absolute Gasteiger partial charge is 0.493 e. The van der Waals surface area contributed by atoms with Gasteiger partial charge in [0.05, 0.1) is 43.6 Å². The fourth-order valence-corrected chi connectivity index (χ4v) is 4.72. The second-order valence-corrected chi connectivity index (χ2v) is 9.50. The number of amides is 1. The number of nitrogens with one attached hydrogen (secondary N) is 2.